The predicted octanol–water partition coefficient (Wildman–Crippen LogP) is -0.540. The summed E-state index contributed by atoms with van der Waals surface area (Å²) in [5, 5.41) is 31.5. The average Bonchev–Trinajstić information content (AvgIpc) is 2.65. The third-order valence-corrected chi connectivity index (χ3v) is 4.43. The van der Waals surface area contributed by atoms with Gasteiger partial charge in [0.25, 0.3) is 0 Å². The number of carbonyl (C=O) groups excluding carboxylic acids is 2. The number of carbonyl (C=O) groups is 2. The molecular formula is C17H31NO8. The Hall–Kier alpha value is -1.26. The Kier molecular flexibility index (Phi) is 11.4. The van der Waals surface area contributed by atoms with Gasteiger partial charge in [-0.15, -0.1) is 0 Å². The van der Waals surface area contributed by atoms with Crippen LogP contribution in [0.25, 0.3) is 0 Å². The van der Waals surface area contributed by atoms with Crippen molar-refractivity contribution in [3.8, 4) is 0 Å². The van der Waals surface area contributed by atoms with Crippen LogP contribution in [0.3, 0.4) is 0 Å². The van der Waals surface area contributed by atoms with E-state index in [4.69, 9.17) is 9.47 Å². The number of amides is 1. The maximum absolute atomic E-state index is 11.0. The topological polar surface area (TPSA) is 135 Å². The molecule has 0 bridgehead atoms. The lowest BCUT2D eigenvalue weighted by Crippen LogP contribution is -2.63. The van der Waals surface area contributed by atoms with Gasteiger partial charge in [0.2, 0.25) is 6.41 Å². The highest BCUT2D eigenvalue weighted by molar-refractivity contribution is 5.68. The lowest BCUT2D eigenvalue weighted by molar-refractivity contribution is -0.269. The van der Waals surface area contributed by atoms with E-state index in [1.54, 1.807) is 0 Å². The van der Waals surface area contributed by atoms with E-state index < -0.39 is 37.3 Å². The van der Waals surface area contributed by atoms with Gasteiger partial charge in [-0.3, -0.25) is 9.59 Å². The van der Waals surface area contributed by atoms with Gasteiger partial charge in [0.1, 0.15) is 24.4 Å². The Morgan fingerprint density at radius 2 is 1.77 bits per heavy atom. The molecule has 1 rings (SSSR count). The first-order valence-electron chi connectivity index (χ1n) is 9.05. The summed E-state index contributed by atoms with van der Waals surface area (Å²) in [5.74, 6) is -0.183. The molecule has 5 atom stereocenters. The second-order valence-electron chi connectivity index (χ2n) is 6.34. The minimum atomic E-state index is -1.30. The van der Waals surface area contributed by atoms with Crippen molar-refractivity contribution in [2.24, 2.45) is 0 Å². The summed E-state index contributed by atoms with van der Waals surface area (Å²) in [7, 11) is 1.38. The Balaban J connectivity index is 2.21. The lowest BCUT2D eigenvalue weighted by Gasteiger charge is -2.41. The van der Waals surface area contributed by atoms with Gasteiger partial charge in [-0.05, 0) is 12.8 Å². The van der Waals surface area contributed by atoms with Crippen molar-refractivity contribution in [2.75, 3.05) is 20.3 Å². The van der Waals surface area contributed by atoms with Crippen LogP contribution in [-0.4, -0.2) is 78.7 Å². The fourth-order valence-corrected chi connectivity index (χ4v) is 2.86. The maximum Gasteiger partial charge on any atom is 0.305 e. The molecule has 0 spiro atoms. The highest BCUT2D eigenvalue weighted by Gasteiger charge is 2.44. The first-order valence-corrected chi connectivity index (χ1v) is 9.05. The van der Waals surface area contributed by atoms with Crippen LogP contribution in [0.5, 0.6) is 0 Å². The van der Waals surface area contributed by atoms with Crippen LogP contribution < -0.4 is 5.32 Å². The Bertz CT molecular complexity index is 408. The highest BCUT2D eigenvalue weighted by atomic mass is 16.7. The van der Waals surface area contributed by atoms with Gasteiger partial charge in [0.05, 0.1) is 13.7 Å². The molecule has 1 saturated heterocycles. The Morgan fingerprint density at radius 3 is 2.38 bits per heavy atom. The molecule has 1 aliphatic rings. The standard InChI is InChI=1S/C17H31NO8/c1-24-13(21)8-6-4-2-3-5-7-9-25-17-14(18-11-20)16(23)15(22)12(10-19)26-17/h11-12,14-17,19,22-23H,2-10H2,1H3,(H,18,20)/t12?,14?,15-,16?,17+/m0/s1. The van der Waals surface area contributed by atoms with Crippen molar-refractivity contribution in [2.45, 2.75) is 75.6 Å². The van der Waals surface area contributed by atoms with Crippen molar-refractivity contribution in [1.82, 2.24) is 5.32 Å². The van der Waals surface area contributed by atoms with E-state index in [2.05, 4.69) is 10.1 Å². The van der Waals surface area contributed by atoms with Gasteiger partial charge < -0.3 is 34.8 Å². The van der Waals surface area contributed by atoms with Crippen LogP contribution >= 0.6 is 0 Å². The number of ether oxygens (including phenoxy) is 3. The Morgan fingerprint density at radius 1 is 1.12 bits per heavy atom. The SMILES string of the molecule is COC(=O)CCCCCCCCO[C@@H]1OC(CO)[C@H](O)C(O)C1NC=O. The van der Waals surface area contributed by atoms with Crippen molar-refractivity contribution < 1.29 is 39.1 Å². The average molecular weight is 377 g/mol. The number of aliphatic hydroxyl groups is 3. The molecule has 0 aromatic rings. The summed E-state index contributed by atoms with van der Waals surface area (Å²) < 4.78 is 15.6. The molecule has 9 nitrogen and oxygen atoms in total. The van der Waals surface area contributed by atoms with Gasteiger partial charge in [0.15, 0.2) is 6.29 Å². The number of hydrogen-bond donors (Lipinski definition) is 4. The smallest absolute Gasteiger partial charge is 0.305 e. The molecular weight excluding hydrogens is 346 g/mol. The monoisotopic (exact) mass is 377 g/mol. The number of esters is 1. The zero-order valence-electron chi connectivity index (χ0n) is 15.2. The van der Waals surface area contributed by atoms with Gasteiger partial charge in [-0.1, -0.05) is 25.7 Å². The second-order valence-corrected chi connectivity index (χ2v) is 6.34. The predicted molar refractivity (Wildman–Crippen MR) is 91.0 cm³/mol. The number of methoxy groups -OCH3 is 1. The number of nitrogens with one attached hydrogen (secondary N) is 1. The summed E-state index contributed by atoms with van der Waals surface area (Å²) >= 11 is 0. The third kappa shape index (κ3) is 7.55. The van der Waals surface area contributed by atoms with E-state index in [1.165, 1.54) is 7.11 Å². The highest BCUT2D eigenvalue weighted by Crippen LogP contribution is 2.22. The number of unbranched alkanes of at least 4 members (excludes halogenated alkanes) is 5. The second kappa shape index (κ2) is 13.0. The molecule has 0 aromatic heterocycles. The van der Waals surface area contributed by atoms with Gasteiger partial charge >= 0.3 is 5.97 Å². The van der Waals surface area contributed by atoms with E-state index in [0.717, 1.165) is 38.5 Å². The van der Waals surface area contributed by atoms with E-state index in [-0.39, 0.29) is 5.97 Å². The zero-order chi connectivity index (χ0) is 19.4. The minimum absolute atomic E-state index is 0.183. The summed E-state index contributed by atoms with van der Waals surface area (Å²) in [4.78, 5) is 21.7. The van der Waals surface area contributed by atoms with E-state index >= 15 is 0 Å². The van der Waals surface area contributed by atoms with Crippen molar-refractivity contribution >= 4 is 12.4 Å². The number of aliphatic hydroxyl groups excluding tert-OH is 3. The largest absolute Gasteiger partial charge is 0.469 e. The molecule has 1 aliphatic heterocycles. The number of hydrogen-bond acceptors (Lipinski definition) is 8. The third-order valence-electron chi connectivity index (χ3n) is 4.43. The number of rotatable bonds is 13. The van der Waals surface area contributed by atoms with Crippen molar-refractivity contribution in [1.29, 1.82) is 0 Å². The van der Waals surface area contributed by atoms with Gasteiger partial charge in [-0.2, -0.15) is 0 Å². The fourth-order valence-electron chi connectivity index (χ4n) is 2.86. The van der Waals surface area contributed by atoms with Crippen LogP contribution in [0.2, 0.25) is 0 Å². The van der Waals surface area contributed by atoms with Crippen molar-refractivity contribution in [3.63, 3.8) is 0 Å². The first kappa shape index (κ1) is 22.8. The van der Waals surface area contributed by atoms with Crippen LogP contribution in [0, 0.1) is 0 Å². The summed E-state index contributed by atoms with van der Waals surface area (Å²) in [6.07, 6.45) is 1.89. The lowest BCUT2D eigenvalue weighted by atomic mass is 9.97. The molecule has 0 aromatic carbocycles. The van der Waals surface area contributed by atoms with Crippen molar-refractivity contribution in [3.05, 3.63) is 0 Å². The zero-order valence-corrected chi connectivity index (χ0v) is 15.2. The molecule has 152 valence electrons. The van der Waals surface area contributed by atoms with Gasteiger partial charge in [-0.25, -0.2) is 0 Å². The molecule has 9 heteroatoms. The fraction of sp³-hybridized carbons (Fsp3) is 0.882. The normalized spacial score (nSPS) is 28.5. The van der Waals surface area contributed by atoms with Crippen LogP contribution in [0.4, 0.5) is 0 Å². The summed E-state index contributed by atoms with van der Waals surface area (Å²) in [5.41, 5.74) is 0. The molecule has 0 saturated carbocycles. The molecule has 1 heterocycles. The molecule has 4 N–H and O–H groups in total. The van der Waals surface area contributed by atoms with Gasteiger partial charge in [0, 0.05) is 13.0 Å². The molecule has 0 aliphatic carbocycles. The van der Waals surface area contributed by atoms with Crippen LogP contribution in [0.1, 0.15) is 44.9 Å². The maximum atomic E-state index is 11.0. The molecule has 0 radical (unpaired) electrons. The van der Waals surface area contributed by atoms with Crippen LogP contribution in [-0.2, 0) is 23.8 Å². The van der Waals surface area contributed by atoms with E-state index in [9.17, 15) is 24.9 Å². The molecule has 26 heavy (non-hydrogen) atoms. The Labute approximate surface area is 153 Å². The molecule has 3 unspecified atom stereocenters. The van der Waals surface area contributed by atoms with E-state index in [1.807, 2.05) is 0 Å². The molecule has 1 fully saturated rings. The summed E-state index contributed by atoms with van der Waals surface area (Å²) in [6, 6.07) is -0.899. The minimum Gasteiger partial charge on any atom is -0.469 e. The quantitative estimate of drug-likeness (QED) is 0.191. The van der Waals surface area contributed by atoms with E-state index in [0.29, 0.717) is 19.4 Å². The summed E-state index contributed by atoms with van der Waals surface area (Å²) in [6.45, 7) is -0.0949. The molecule has 1 amide bonds. The van der Waals surface area contributed by atoms with Crippen LogP contribution in [0.15, 0.2) is 0 Å². The first-order chi connectivity index (χ1) is 12.5.